The van der Waals surface area contributed by atoms with Gasteiger partial charge in [0.2, 0.25) is 0 Å². The van der Waals surface area contributed by atoms with Gasteiger partial charge < -0.3 is 0 Å². The van der Waals surface area contributed by atoms with E-state index in [9.17, 15) is 0 Å². The molecule has 64 valence electrons. The molecule has 0 spiro atoms. The molecule has 0 aromatic rings. The van der Waals surface area contributed by atoms with Gasteiger partial charge >= 0.3 is 0 Å². The van der Waals surface area contributed by atoms with Crippen molar-refractivity contribution in [3.05, 3.63) is 23.3 Å². The smallest absolute Gasteiger partial charge is 0.0256 e. The monoisotopic (exact) mass is 152 g/mol. The van der Waals surface area contributed by atoms with Gasteiger partial charge in [0.15, 0.2) is 0 Å². The van der Waals surface area contributed by atoms with E-state index in [2.05, 4.69) is 46.8 Å². The summed E-state index contributed by atoms with van der Waals surface area (Å²) in [4.78, 5) is 0. The summed E-state index contributed by atoms with van der Waals surface area (Å²) in [6.07, 6.45) is 5.60. The average molecular weight is 152 g/mol. The first-order valence-electron chi connectivity index (χ1n) is 4.40. The number of rotatable bonds is 3. The molecule has 0 atom stereocenters. The third kappa shape index (κ3) is 4.02. The van der Waals surface area contributed by atoms with E-state index in [0.717, 1.165) is 5.92 Å². The maximum atomic E-state index is 2.26. The van der Waals surface area contributed by atoms with Crippen molar-refractivity contribution in [2.45, 2.75) is 41.0 Å². The predicted octanol–water partition coefficient (Wildman–Crippen LogP) is 3.95. The molecule has 0 heteroatoms. The fraction of sp³-hybridized carbons (Fsp3) is 0.636. The number of hydrogen-bond donors (Lipinski definition) is 0. The van der Waals surface area contributed by atoms with Crippen LogP contribution in [0.5, 0.6) is 0 Å². The molecule has 0 amide bonds. The minimum atomic E-state index is 0.760. The van der Waals surface area contributed by atoms with Gasteiger partial charge in [0.1, 0.15) is 0 Å². The van der Waals surface area contributed by atoms with Crippen LogP contribution >= 0.6 is 0 Å². The lowest BCUT2D eigenvalue weighted by Gasteiger charge is -2.09. The van der Waals surface area contributed by atoms with Crippen molar-refractivity contribution in [2.75, 3.05) is 0 Å². The Balaban J connectivity index is 4.21. The zero-order valence-electron chi connectivity index (χ0n) is 8.44. The largest absolute Gasteiger partial charge is 0.0845 e. The summed E-state index contributed by atoms with van der Waals surface area (Å²) in [5.41, 5.74) is 2.91. The van der Waals surface area contributed by atoms with Crippen molar-refractivity contribution in [2.24, 2.45) is 5.92 Å². The topological polar surface area (TPSA) is 0 Å². The van der Waals surface area contributed by atoms with Gasteiger partial charge in [-0.1, -0.05) is 31.6 Å². The molecular formula is C11H20. The van der Waals surface area contributed by atoms with Gasteiger partial charge in [-0.3, -0.25) is 0 Å². The second-order valence-corrected chi connectivity index (χ2v) is 3.38. The molecule has 0 saturated carbocycles. The van der Waals surface area contributed by atoms with Crippen molar-refractivity contribution in [1.29, 1.82) is 0 Å². The van der Waals surface area contributed by atoms with Crippen molar-refractivity contribution in [3.8, 4) is 0 Å². The second kappa shape index (κ2) is 5.17. The van der Waals surface area contributed by atoms with Crippen molar-refractivity contribution < 1.29 is 0 Å². The normalized spacial score (nSPS) is 14.4. The van der Waals surface area contributed by atoms with Crippen LogP contribution in [0.3, 0.4) is 0 Å². The standard InChI is InChI=1S/C11H20/c1-6-10(5)11(7-2)8-9(3)4/h6-7,9H,8H2,1-5H3. The van der Waals surface area contributed by atoms with Gasteiger partial charge in [-0.05, 0) is 38.7 Å². The molecule has 11 heavy (non-hydrogen) atoms. The summed E-state index contributed by atoms with van der Waals surface area (Å²) >= 11 is 0. The summed E-state index contributed by atoms with van der Waals surface area (Å²) in [6, 6.07) is 0. The zero-order valence-corrected chi connectivity index (χ0v) is 8.44. The fourth-order valence-electron chi connectivity index (χ4n) is 1.13. The van der Waals surface area contributed by atoms with E-state index >= 15 is 0 Å². The molecule has 0 N–H and O–H groups in total. The van der Waals surface area contributed by atoms with Crippen LogP contribution in [-0.2, 0) is 0 Å². The van der Waals surface area contributed by atoms with E-state index in [-0.39, 0.29) is 0 Å². The van der Waals surface area contributed by atoms with Crippen molar-refractivity contribution in [1.82, 2.24) is 0 Å². The summed E-state index contributed by atoms with van der Waals surface area (Å²) < 4.78 is 0. The molecule has 0 rings (SSSR count). The van der Waals surface area contributed by atoms with Crippen molar-refractivity contribution >= 4 is 0 Å². The van der Waals surface area contributed by atoms with E-state index in [1.54, 1.807) is 0 Å². The average Bonchev–Trinajstić information content (AvgIpc) is 1.98. The lowest BCUT2D eigenvalue weighted by atomic mass is 9.97. The maximum Gasteiger partial charge on any atom is -0.0256 e. The second-order valence-electron chi connectivity index (χ2n) is 3.38. The van der Waals surface area contributed by atoms with Crippen LogP contribution in [0.1, 0.15) is 41.0 Å². The molecule has 0 nitrogen and oxygen atoms in total. The molecule has 0 aromatic heterocycles. The summed E-state index contributed by atoms with van der Waals surface area (Å²) in [5.74, 6) is 0.760. The number of hydrogen-bond acceptors (Lipinski definition) is 0. The van der Waals surface area contributed by atoms with Crippen LogP contribution < -0.4 is 0 Å². The predicted molar refractivity (Wildman–Crippen MR) is 52.6 cm³/mol. The molecule has 0 aromatic carbocycles. The molecule has 0 radical (unpaired) electrons. The Morgan fingerprint density at radius 2 is 1.73 bits per heavy atom. The van der Waals surface area contributed by atoms with Crippen LogP contribution in [-0.4, -0.2) is 0 Å². The highest BCUT2D eigenvalue weighted by atomic mass is 14.1. The van der Waals surface area contributed by atoms with Gasteiger partial charge in [0.05, 0.1) is 0 Å². The minimum Gasteiger partial charge on any atom is -0.0845 e. The SMILES string of the molecule is CC=C(C)C(=CC)CC(C)C. The third-order valence-electron chi connectivity index (χ3n) is 1.92. The Hall–Kier alpha value is -0.520. The fourth-order valence-corrected chi connectivity index (χ4v) is 1.13. The van der Waals surface area contributed by atoms with Gasteiger partial charge in [-0.15, -0.1) is 0 Å². The van der Waals surface area contributed by atoms with Crippen LogP contribution in [0, 0.1) is 5.92 Å². The highest BCUT2D eigenvalue weighted by molar-refractivity contribution is 5.27. The Labute approximate surface area is 71.0 Å². The first-order chi connectivity index (χ1) is 5.11. The zero-order chi connectivity index (χ0) is 8.85. The quantitative estimate of drug-likeness (QED) is 0.537. The highest BCUT2D eigenvalue weighted by Crippen LogP contribution is 2.18. The molecule has 0 aliphatic heterocycles. The third-order valence-corrected chi connectivity index (χ3v) is 1.92. The number of allylic oxidation sites excluding steroid dienone is 4. The summed E-state index contributed by atoms with van der Waals surface area (Å²) in [6.45, 7) is 10.9. The van der Waals surface area contributed by atoms with Crippen LogP contribution in [0.15, 0.2) is 23.3 Å². The first-order valence-corrected chi connectivity index (χ1v) is 4.40. The van der Waals surface area contributed by atoms with Crippen molar-refractivity contribution in [3.63, 3.8) is 0 Å². The molecule has 0 unspecified atom stereocenters. The van der Waals surface area contributed by atoms with Gasteiger partial charge in [-0.2, -0.15) is 0 Å². The van der Waals surface area contributed by atoms with Crippen LogP contribution in [0.2, 0.25) is 0 Å². The van der Waals surface area contributed by atoms with Gasteiger partial charge in [0, 0.05) is 0 Å². The van der Waals surface area contributed by atoms with Gasteiger partial charge in [-0.25, -0.2) is 0 Å². The molecule has 0 heterocycles. The molecule has 0 aliphatic rings. The molecule has 0 aliphatic carbocycles. The lowest BCUT2D eigenvalue weighted by molar-refractivity contribution is 0.645. The molecule has 0 bridgehead atoms. The lowest BCUT2D eigenvalue weighted by Crippen LogP contribution is -1.92. The summed E-state index contributed by atoms with van der Waals surface area (Å²) in [7, 11) is 0. The maximum absolute atomic E-state index is 2.26. The Kier molecular flexibility index (Phi) is 4.93. The van der Waals surface area contributed by atoms with Gasteiger partial charge in [0.25, 0.3) is 0 Å². The Morgan fingerprint density at radius 3 is 2.00 bits per heavy atom. The van der Waals surface area contributed by atoms with E-state index in [4.69, 9.17) is 0 Å². The minimum absolute atomic E-state index is 0.760. The first kappa shape index (κ1) is 10.5. The Morgan fingerprint density at radius 1 is 1.18 bits per heavy atom. The molecule has 0 fully saturated rings. The van der Waals surface area contributed by atoms with Crippen LogP contribution in [0.4, 0.5) is 0 Å². The van der Waals surface area contributed by atoms with E-state index in [1.165, 1.54) is 17.6 Å². The highest BCUT2D eigenvalue weighted by Gasteiger charge is 2.00. The molecule has 0 saturated heterocycles. The van der Waals surface area contributed by atoms with E-state index in [1.807, 2.05) is 0 Å². The van der Waals surface area contributed by atoms with E-state index < -0.39 is 0 Å². The molecular weight excluding hydrogens is 132 g/mol. The summed E-state index contributed by atoms with van der Waals surface area (Å²) in [5, 5.41) is 0. The van der Waals surface area contributed by atoms with E-state index in [0.29, 0.717) is 0 Å². The van der Waals surface area contributed by atoms with Crippen LogP contribution in [0.25, 0.3) is 0 Å². The Bertz CT molecular complexity index is 159.